The van der Waals surface area contributed by atoms with E-state index in [4.69, 9.17) is 37.6 Å². The molecule has 2 bridgehead atoms. The molecule has 2 saturated carbocycles. The van der Waals surface area contributed by atoms with Gasteiger partial charge >= 0.3 is 35.8 Å². The Balaban J connectivity index is 2.18. The molecule has 3 fully saturated rings. The first-order chi connectivity index (χ1) is 22.6. The van der Waals surface area contributed by atoms with E-state index in [2.05, 4.69) is 0 Å². The molecular formula is C34H46O15. The number of hydrogen-bond acceptors (Lipinski definition) is 15. The van der Waals surface area contributed by atoms with Crippen LogP contribution in [-0.4, -0.2) is 94.9 Å². The second-order valence-corrected chi connectivity index (χ2v) is 14.3. The molecule has 49 heavy (non-hydrogen) atoms. The molecule has 1 aliphatic heterocycles. The second kappa shape index (κ2) is 13.4. The molecule has 0 aromatic carbocycles. The summed E-state index contributed by atoms with van der Waals surface area (Å²) < 4.78 is 47.8. The number of hydrogen-bond donors (Lipinski definition) is 1. The summed E-state index contributed by atoms with van der Waals surface area (Å²) in [5.41, 5.74) is -8.21. The zero-order valence-corrected chi connectivity index (χ0v) is 29.4. The monoisotopic (exact) mass is 694 g/mol. The Hall–Kier alpha value is -3.98. The maximum absolute atomic E-state index is 13.8. The van der Waals surface area contributed by atoms with Crippen LogP contribution in [0.25, 0.3) is 0 Å². The van der Waals surface area contributed by atoms with Gasteiger partial charge in [-0.1, -0.05) is 27.7 Å². The van der Waals surface area contributed by atoms with Gasteiger partial charge in [0.05, 0.1) is 40.8 Å². The number of carbonyl (C=O) groups excluding carboxylic acids is 6. The molecule has 1 saturated heterocycles. The fraction of sp³-hybridized carbons (Fsp3) is 0.706. The summed E-state index contributed by atoms with van der Waals surface area (Å²) in [6, 6.07) is 1.32. The van der Waals surface area contributed by atoms with Gasteiger partial charge in [-0.15, -0.1) is 0 Å². The highest BCUT2D eigenvalue weighted by molar-refractivity contribution is 5.89. The summed E-state index contributed by atoms with van der Waals surface area (Å²) in [7, 11) is 0. The van der Waals surface area contributed by atoms with E-state index < -0.39 is 119 Å². The minimum atomic E-state index is -2.29. The molecule has 15 heteroatoms. The lowest BCUT2D eigenvalue weighted by Crippen LogP contribution is -2.85. The van der Waals surface area contributed by atoms with Crippen LogP contribution < -0.4 is 0 Å². The Bertz CT molecular complexity index is 1460. The lowest BCUT2D eigenvalue weighted by molar-refractivity contribution is -0.363. The third kappa shape index (κ3) is 6.42. The fourth-order valence-corrected chi connectivity index (χ4v) is 7.83. The van der Waals surface area contributed by atoms with Crippen LogP contribution in [0.15, 0.2) is 23.0 Å². The molecule has 1 spiro atoms. The lowest BCUT2D eigenvalue weighted by atomic mass is 9.45. The number of esters is 6. The highest BCUT2D eigenvalue weighted by Crippen LogP contribution is 2.69. The SMILES string of the molecule is CC(=O)OC1C2C(OC(C)=O)C3(OC2(C)C)C(C)(O)CC(OC(=O)C(C)C)C(OC(C)=O)C3(COC(=O)C(C)C)C1OC(=O)c1ccoc1. The van der Waals surface area contributed by atoms with Crippen LogP contribution in [-0.2, 0) is 57.1 Å². The summed E-state index contributed by atoms with van der Waals surface area (Å²) in [6.07, 6.45) is -6.12. The van der Waals surface area contributed by atoms with Gasteiger partial charge in [0.15, 0.2) is 17.8 Å². The molecule has 0 radical (unpaired) electrons. The van der Waals surface area contributed by atoms with Crippen LogP contribution in [0.4, 0.5) is 0 Å². The summed E-state index contributed by atoms with van der Waals surface area (Å²) in [6.45, 7) is 13.3. The first-order valence-electron chi connectivity index (χ1n) is 16.2. The van der Waals surface area contributed by atoms with E-state index in [9.17, 15) is 33.9 Å². The first-order valence-corrected chi connectivity index (χ1v) is 16.2. The maximum atomic E-state index is 13.8. The molecule has 0 amide bonds. The molecule has 272 valence electrons. The summed E-state index contributed by atoms with van der Waals surface area (Å²) in [5.74, 6) is -7.53. The quantitative estimate of drug-likeness (QED) is 0.277. The number of aliphatic hydroxyl groups is 1. The van der Waals surface area contributed by atoms with Crippen molar-refractivity contribution < 1.29 is 71.4 Å². The molecule has 9 atom stereocenters. The van der Waals surface area contributed by atoms with Crippen molar-refractivity contribution in [2.75, 3.05) is 6.61 Å². The number of fused-ring (bicyclic) bond motifs is 1. The second-order valence-electron chi connectivity index (χ2n) is 14.3. The van der Waals surface area contributed by atoms with Gasteiger partial charge in [0.25, 0.3) is 0 Å². The highest BCUT2D eigenvalue weighted by atomic mass is 16.7. The topological polar surface area (TPSA) is 200 Å². The third-order valence-electron chi connectivity index (χ3n) is 9.59. The molecule has 15 nitrogen and oxygen atoms in total. The number of furan rings is 1. The molecule has 1 aromatic rings. The number of ether oxygens (including phenoxy) is 7. The Morgan fingerprint density at radius 2 is 1.39 bits per heavy atom. The van der Waals surface area contributed by atoms with Gasteiger partial charge in [-0.3, -0.25) is 24.0 Å². The largest absolute Gasteiger partial charge is 0.472 e. The van der Waals surface area contributed by atoms with E-state index in [1.807, 2.05) is 0 Å². The Labute approximate surface area is 284 Å². The highest BCUT2D eigenvalue weighted by Gasteiger charge is 2.89. The minimum absolute atomic E-state index is 0.0611. The standard InChI is InChI=1S/C34H46O15/c1-16(2)28(38)43-15-33-25(45-19(6)36)22(47-29(39)17(3)4)13-32(10,41)34(33)26(46-20(7)37)23(31(8,9)49-34)24(44-18(5)35)27(33)48-30(40)21-11-12-42-14-21/h11-12,14,16-17,22-27,41H,13,15H2,1-10H3. The van der Waals surface area contributed by atoms with Gasteiger partial charge in [0, 0.05) is 27.2 Å². The van der Waals surface area contributed by atoms with E-state index in [-0.39, 0.29) is 5.56 Å². The van der Waals surface area contributed by atoms with Crippen molar-refractivity contribution in [1.29, 1.82) is 0 Å². The van der Waals surface area contributed by atoms with Gasteiger partial charge in [0.2, 0.25) is 0 Å². The van der Waals surface area contributed by atoms with Crippen molar-refractivity contribution in [2.24, 2.45) is 23.2 Å². The first kappa shape index (κ1) is 37.8. The third-order valence-corrected chi connectivity index (χ3v) is 9.59. The van der Waals surface area contributed by atoms with Gasteiger partial charge in [-0.25, -0.2) is 4.79 Å². The van der Waals surface area contributed by atoms with Crippen molar-refractivity contribution >= 4 is 35.8 Å². The van der Waals surface area contributed by atoms with E-state index in [0.717, 1.165) is 27.0 Å². The maximum Gasteiger partial charge on any atom is 0.341 e. The van der Waals surface area contributed by atoms with Crippen LogP contribution >= 0.6 is 0 Å². The average Bonchev–Trinajstić information content (AvgIpc) is 3.57. The average molecular weight is 695 g/mol. The van der Waals surface area contributed by atoms with E-state index in [1.165, 1.54) is 19.3 Å². The summed E-state index contributed by atoms with van der Waals surface area (Å²) in [5, 5.41) is 12.7. The van der Waals surface area contributed by atoms with Crippen molar-refractivity contribution in [3.05, 3.63) is 24.2 Å². The molecular weight excluding hydrogens is 648 g/mol. The van der Waals surface area contributed by atoms with Crippen LogP contribution in [0.3, 0.4) is 0 Å². The Morgan fingerprint density at radius 3 is 1.90 bits per heavy atom. The van der Waals surface area contributed by atoms with Crippen LogP contribution in [0.1, 0.15) is 86.0 Å². The zero-order chi connectivity index (χ0) is 36.9. The van der Waals surface area contributed by atoms with Crippen LogP contribution in [0.5, 0.6) is 0 Å². The van der Waals surface area contributed by atoms with Crippen molar-refractivity contribution in [3.8, 4) is 0 Å². The predicted octanol–water partition coefficient (Wildman–Crippen LogP) is 2.69. The van der Waals surface area contributed by atoms with Crippen molar-refractivity contribution in [3.63, 3.8) is 0 Å². The van der Waals surface area contributed by atoms with E-state index >= 15 is 0 Å². The van der Waals surface area contributed by atoms with Crippen molar-refractivity contribution in [1.82, 2.24) is 0 Å². The number of rotatable bonds is 10. The van der Waals surface area contributed by atoms with Crippen LogP contribution in [0.2, 0.25) is 0 Å². The predicted molar refractivity (Wildman–Crippen MR) is 164 cm³/mol. The molecule has 3 aliphatic rings. The molecule has 1 N–H and O–H groups in total. The minimum Gasteiger partial charge on any atom is -0.472 e. The fourth-order valence-electron chi connectivity index (χ4n) is 7.83. The molecule has 4 rings (SSSR count). The van der Waals surface area contributed by atoms with Gasteiger partial charge in [-0.05, 0) is 26.8 Å². The van der Waals surface area contributed by atoms with Gasteiger partial charge in [-0.2, -0.15) is 0 Å². The van der Waals surface area contributed by atoms with Crippen LogP contribution in [0, 0.1) is 23.2 Å². The van der Waals surface area contributed by atoms with E-state index in [0.29, 0.717) is 0 Å². The normalized spacial score (nSPS) is 34.4. The Morgan fingerprint density at radius 1 is 0.816 bits per heavy atom. The van der Waals surface area contributed by atoms with Crippen molar-refractivity contribution in [2.45, 2.75) is 123 Å². The van der Waals surface area contributed by atoms with E-state index in [1.54, 1.807) is 41.5 Å². The molecule has 9 unspecified atom stereocenters. The smallest absolute Gasteiger partial charge is 0.341 e. The summed E-state index contributed by atoms with van der Waals surface area (Å²) in [4.78, 5) is 79.0. The molecule has 2 heterocycles. The van der Waals surface area contributed by atoms with Gasteiger partial charge in [0.1, 0.15) is 36.6 Å². The molecule has 2 aliphatic carbocycles. The summed E-state index contributed by atoms with van der Waals surface area (Å²) >= 11 is 0. The number of carbonyl (C=O) groups is 6. The van der Waals surface area contributed by atoms with Gasteiger partial charge < -0.3 is 42.7 Å². The Kier molecular flexibility index (Phi) is 10.3. The lowest BCUT2D eigenvalue weighted by Gasteiger charge is -2.66. The molecule has 1 aromatic heterocycles. The zero-order valence-electron chi connectivity index (χ0n) is 29.4.